The molecule has 7 nitrogen and oxygen atoms in total. The molecule has 1 heterocycles. The van der Waals surface area contributed by atoms with Crippen molar-refractivity contribution in [1.82, 2.24) is 14.9 Å². The standard InChI is InChI=1S/C32H36N4O3/c1-3-9-29-35-30-21(2)18-25(34-32(39)33-24-10-5-4-6-11-24)19-28(30)36(29)20-22-14-16-23(17-15-22)26-12-7-8-13-27(26)31(37)38/h7-8,12-19,24H,3-6,9-11,20H2,1-2H3,(H,37,38)(H2,33,34,39). The molecule has 0 unspecified atom stereocenters. The highest BCUT2D eigenvalue weighted by Gasteiger charge is 2.18. The molecule has 1 fully saturated rings. The molecule has 0 atom stereocenters. The number of hydrogen-bond donors (Lipinski definition) is 3. The first-order valence-electron chi connectivity index (χ1n) is 13.9. The number of urea groups is 1. The molecular formula is C32H36N4O3. The van der Waals surface area contributed by atoms with E-state index in [4.69, 9.17) is 4.98 Å². The van der Waals surface area contributed by atoms with Crippen LogP contribution in [-0.4, -0.2) is 32.7 Å². The third-order valence-corrected chi connectivity index (χ3v) is 7.56. The van der Waals surface area contributed by atoms with Gasteiger partial charge in [0, 0.05) is 24.7 Å². The van der Waals surface area contributed by atoms with E-state index in [0.29, 0.717) is 17.7 Å². The summed E-state index contributed by atoms with van der Waals surface area (Å²) in [6, 6.07) is 19.2. The lowest BCUT2D eigenvalue weighted by molar-refractivity contribution is 0.0697. The predicted molar refractivity (Wildman–Crippen MR) is 155 cm³/mol. The zero-order valence-corrected chi connectivity index (χ0v) is 22.7. The van der Waals surface area contributed by atoms with Crippen LogP contribution in [0.3, 0.4) is 0 Å². The minimum absolute atomic E-state index is 0.155. The molecule has 1 saturated carbocycles. The Morgan fingerprint density at radius 3 is 2.49 bits per heavy atom. The number of nitrogens with zero attached hydrogens (tertiary/aromatic N) is 2. The lowest BCUT2D eigenvalue weighted by Gasteiger charge is -2.23. The fourth-order valence-corrected chi connectivity index (χ4v) is 5.60. The van der Waals surface area contributed by atoms with E-state index in [9.17, 15) is 14.7 Å². The van der Waals surface area contributed by atoms with Crippen LogP contribution in [0.1, 0.15) is 72.8 Å². The summed E-state index contributed by atoms with van der Waals surface area (Å²) < 4.78 is 2.23. The predicted octanol–water partition coefficient (Wildman–Crippen LogP) is 7.16. The van der Waals surface area contributed by atoms with Gasteiger partial charge in [0.1, 0.15) is 5.82 Å². The Labute approximate surface area is 229 Å². The Balaban J connectivity index is 1.42. The van der Waals surface area contributed by atoms with Crippen LogP contribution in [0.15, 0.2) is 60.7 Å². The Kier molecular flexibility index (Phi) is 7.96. The van der Waals surface area contributed by atoms with Gasteiger partial charge in [0.15, 0.2) is 0 Å². The Morgan fingerprint density at radius 1 is 1.03 bits per heavy atom. The molecule has 1 aliphatic rings. The quantitative estimate of drug-likeness (QED) is 0.228. The average molecular weight is 525 g/mol. The maximum Gasteiger partial charge on any atom is 0.336 e. The second-order valence-electron chi connectivity index (χ2n) is 10.5. The number of carboxylic acids is 1. The number of anilines is 1. The maximum atomic E-state index is 12.7. The van der Waals surface area contributed by atoms with Gasteiger partial charge in [0.2, 0.25) is 0 Å². The number of carbonyl (C=O) groups is 2. The van der Waals surface area contributed by atoms with Crippen LogP contribution >= 0.6 is 0 Å². The summed E-state index contributed by atoms with van der Waals surface area (Å²) in [6.45, 7) is 4.81. The van der Waals surface area contributed by atoms with Crippen LogP contribution in [0.2, 0.25) is 0 Å². The molecule has 0 spiro atoms. The third-order valence-electron chi connectivity index (χ3n) is 7.56. The SMILES string of the molecule is CCCc1nc2c(C)cc(NC(=O)NC3CCCCC3)cc2n1Cc1ccc(-c2ccccc2C(=O)O)cc1. The lowest BCUT2D eigenvalue weighted by Crippen LogP contribution is -2.39. The van der Waals surface area contributed by atoms with Gasteiger partial charge < -0.3 is 20.3 Å². The third kappa shape index (κ3) is 5.98. The lowest BCUT2D eigenvalue weighted by atomic mass is 9.96. The van der Waals surface area contributed by atoms with Gasteiger partial charge in [-0.2, -0.15) is 0 Å². The molecule has 202 valence electrons. The Hall–Kier alpha value is -4.13. The summed E-state index contributed by atoms with van der Waals surface area (Å²) in [5, 5.41) is 15.8. The molecular weight excluding hydrogens is 488 g/mol. The summed E-state index contributed by atoms with van der Waals surface area (Å²) in [7, 11) is 0. The second-order valence-corrected chi connectivity index (χ2v) is 10.5. The molecule has 7 heteroatoms. The first-order chi connectivity index (χ1) is 18.9. The molecule has 0 bridgehead atoms. The number of amides is 2. The minimum Gasteiger partial charge on any atom is -0.478 e. The van der Waals surface area contributed by atoms with Gasteiger partial charge in [-0.1, -0.05) is 68.7 Å². The molecule has 2 amide bonds. The van der Waals surface area contributed by atoms with Crippen molar-refractivity contribution in [1.29, 1.82) is 0 Å². The molecule has 1 aromatic heterocycles. The van der Waals surface area contributed by atoms with Crippen molar-refractivity contribution in [2.75, 3.05) is 5.32 Å². The summed E-state index contributed by atoms with van der Waals surface area (Å²) in [5.41, 5.74) is 6.68. The zero-order valence-electron chi connectivity index (χ0n) is 22.7. The van der Waals surface area contributed by atoms with Crippen LogP contribution in [0.25, 0.3) is 22.2 Å². The molecule has 0 radical (unpaired) electrons. The van der Waals surface area contributed by atoms with E-state index in [-0.39, 0.29) is 12.1 Å². The number of imidazole rings is 1. The minimum atomic E-state index is -0.934. The van der Waals surface area contributed by atoms with E-state index in [2.05, 4.69) is 22.1 Å². The van der Waals surface area contributed by atoms with Gasteiger partial charge in [-0.05, 0) is 66.6 Å². The fraction of sp³-hybridized carbons (Fsp3) is 0.344. The number of carboxylic acid groups (broad SMARTS) is 1. The van der Waals surface area contributed by atoms with Crippen molar-refractivity contribution in [2.24, 2.45) is 0 Å². The van der Waals surface area contributed by atoms with Gasteiger partial charge in [-0.3, -0.25) is 0 Å². The Morgan fingerprint density at radius 2 is 1.77 bits per heavy atom. The summed E-state index contributed by atoms with van der Waals surface area (Å²) >= 11 is 0. The number of aromatic carboxylic acids is 1. The van der Waals surface area contributed by atoms with Gasteiger partial charge in [-0.15, -0.1) is 0 Å². The van der Waals surface area contributed by atoms with Crippen LogP contribution in [-0.2, 0) is 13.0 Å². The molecule has 3 aromatic carbocycles. The van der Waals surface area contributed by atoms with E-state index in [1.807, 2.05) is 55.5 Å². The molecule has 4 aromatic rings. The molecule has 1 aliphatic carbocycles. The summed E-state index contributed by atoms with van der Waals surface area (Å²) in [6.07, 6.45) is 7.49. The monoisotopic (exact) mass is 524 g/mol. The second kappa shape index (κ2) is 11.7. The first kappa shape index (κ1) is 26.5. The highest BCUT2D eigenvalue weighted by atomic mass is 16.4. The van der Waals surface area contributed by atoms with Crippen molar-refractivity contribution in [3.63, 3.8) is 0 Å². The Bertz CT molecular complexity index is 1480. The number of hydrogen-bond acceptors (Lipinski definition) is 3. The van der Waals surface area contributed by atoms with Crippen LogP contribution in [0.5, 0.6) is 0 Å². The van der Waals surface area contributed by atoms with Crippen molar-refractivity contribution >= 4 is 28.7 Å². The van der Waals surface area contributed by atoms with Crippen LogP contribution in [0.4, 0.5) is 10.5 Å². The highest BCUT2D eigenvalue weighted by molar-refractivity contribution is 5.96. The molecule has 0 aliphatic heterocycles. The largest absolute Gasteiger partial charge is 0.478 e. The van der Waals surface area contributed by atoms with Gasteiger partial charge in [0.25, 0.3) is 0 Å². The van der Waals surface area contributed by atoms with Gasteiger partial charge in [-0.25, -0.2) is 14.6 Å². The smallest absolute Gasteiger partial charge is 0.336 e. The van der Waals surface area contributed by atoms with E-state index < -0.39 is 5.97 Å². The summed E-state index contributed by atoms with van der Waals surface area (Å²) in [5.74, 6) is 0.0793. The number of aryl methyl sites for hydroxylation is 2. The average Bonchev–Trinajstić information content (AvgIpc) is 3.27. The van der Waals surface area contributed by atoms with Crippen molar-refractivity contribution in [3.05, 3.63) is 83.2 Å². The van der Waals surface area contributed by atoms with E-state index >= 15 is 0 Å². The van der Waals surface area contributed by atoms with Crippen LogP contribution in [0, 0.1) is 6.92 Å². The van der Waals surface area contributed by atoms with E-state index in [1.165, 1.54) is 19.3 Å². The number of fused-ring (bicyclic) bond motifs is 1. The highest BCUT2D eigenvalue weighted by Crippen LogP contribution is 2.28. The van der Waals surface area contributed by atoms with Crippen molar-refractivity contribution in [2.45, 2.75) is 71.4 Å². The maximum absolute atomic E-state index is 12.7. The van der Waals surface area contributed by atoms with E-state index in [0.717, 1.165) is 64.9 Å². The molecule has 5 rings (SSSR count). The van der Waals surface area contributed by atoms with Crippen LogP contribution < -0.4 is 10.6 Å². The number of aromatic nitrogens is 2. The van der Waals surface area contributed by atoms with Gasteiger partial charge in [0.05, 0.1) is 16.6 Å². The number of carbonyl (C=O) groups excluding carboxylic acids is 1. The summed E-state index contributed by atoms with van der Waals surface area (Å²) in [4.78, 5) is 29.4. The van der Waals surface area contributed by atoms with Crippen molar-refractivity contribution < 1.29 is 14.7 Å². The van der Waals surface area contributed by atoms with E-state index in [1.54, 1.807) is 12.1 Å². The molecule has 39 heavy (non-hydrogen) atoms. The first-order valence-corrected chi connectivity index (χ1v) is 13.9. The molecule has 0 saturated heterocycles. The van der Waals surface area contributed by atoms with Gasteiger partial charge >= 0.3 is 12.0 Å². The topological polar surface area (TPSA) is 96.3 Å². The van der Waals surface area contributed by atoms with Crippen molar-refractivity contribution in [3.8, 4) is 11.1 Å². The number of nitrogens with one attached hydrogen (secondary N) is 2. The molecule has 3 N–H and O–H groups in total. The normalized spacial score (nSPS) is 13.9. The number of benzene rings is 3. The number of rotatable bonds is 8. The zero-order chi connectivity index (χ0) is 27.4. The fourth-order valence-electron chi connectivity index (χ4n) is 5.60.